The molecule has 1 unspecified atom stereocenters. The number of piperazine rings is 1. The predicted octanol–water partition coefficient (Wildman–Crippen LogP) is -0.783. The summed E-state index contributed by atoms with van der Waals surface area (Å²) < 4.78 is 4.70. The number of likely N-dealkylation sites (N-methyl/N-ethyl adjacent to an activating group) is 1. The van der Waals surface area contributed by atoms with Crippen LogP contribution in [0.25, 0.3) is 0 Å². The molecule has 1 saturated heterocycles. The molecule has 1 heterocycles. The van der Waals surface area contributed by atoms with E-state index in [0.717, 1.165) is 0 Å². The van der Waals surface area contributed by atoms with Crippen molar-refractivity contribution in [3.05, 3.63) is 0 Å². The summed E-state index contributed by atoms with van der Waals surface area (Å²) in [5, 5.41) is 2.56. The predicted molar refractivity (Wildman–Crippen MR) is 72.9 cm³/mol. The minimum atomic E-state index is -0.770. The van der Waals surface area contributed by atoms with E-state index >= 15 is 0 Å². The fourth-order valence-corrected chi connectivity index (χ4v) is 2.36. The second-order valence-electron chi connectivity index (χ2n) is 5.51. The molecule has 1 aliphatic rings. The van der Waals surface area contributed by atoms with Crippen molar-refractivity contribution in [3.8, 4) is 0 Å². The summed E-state index contributed by atoms with van der Waals surface area (Å²) >= 11 is 0. The summed E-state index contributed by atoms with van der Waals surface area (Å²) in [6.07, 6.45) is 0. The number of carbonyl (C=O) groups is 3. The summed E-state index contributed by atoms with van der Waals surface area (Å²) in [4.78, 5) is 38.6. The van der Waals surface area contributed by atoms with Crippen molar-refractivity contribution in [1.29, 1.82) is 0 Å². The maximum absolute atomic E-state index is 12.2. The first-order valence-corrected chi connectivity index (χ1v) is 6.55. The lowest BCUT2D eigenvalue weighted by Gasteiger charge is -2.45. The Kier molecular flexibility index (Phi) is 5.10. The minimum Gasteiger partial charge on any atom is -0.467 e. The smallest absolute Gasteiger partial charge is 0.329 e. The van der Waals surface area contributed by atoms with Crippen molar-refractivity contribution in [3.63, 3.8) is 0 Å². The largest absolute Gasteiger partial charge is 0.467 e. The van der Waals surface area contributed by atoms with Gasteiger partial charge in [-0.15, -0.1) is 0 Å². The standard InChI is InChI=1S/C13H23N3O4/c1-9(17)14-10(11(18)20-5)8-16-7-6-15(4)12(19)13(16,2)3/h10H,6-8H2,1-5H3,(H,14,17). The molecule has 0 aromatic heterocycles. The fraction of sp³-hybridized carbons (Fsp3) is 0.769. The second kappa shape index (κ2) is 6.21. The van der Waals surface area contributed by atoms with Gasteiger partial charge in [-0.1, -0.05) is 0 Å². The number of esters is 1. The number of hydrogen-bond donors (Lipinski definition) is 1. The number of rotatable bonds is 4. The molecule has 1 rings (SSSR count). The Morgan fingerprint density at radius 2 is 2.00 bits per heavy atom. The van der Waals surface area contributed by atoms with Crippen LogP contribution in [0.4, 0.5) is 0 Å². The van der Waals surface area contributed by atoms with Gasteiger partial charge in [-0.05, 0) is 13.8 Å². The average molecular weight is 285 g/mol. The van der Waals surface area contributed by atoms with E-state index in [0.29, 0.717) is 13.1 Å². The molecular formula is C13H23N3O4. The third-order valence-electron chi connectivity index (χ3n) is 3.63. The maximum Gasteiger partial charge on any atom is 0.329 e. The van der Waals surface area contributed by atoms with Crippen molar-refractivity contribution >= 4 is 17.8 Å². The van der Waals surface area contributed by atoms with Crippen LogP contribution in [0.5, 0.6) is 0 Å². The highest BCUT2D eigenvalue weighted by Gasteiger charge is 2.42. The van der Waals surface area contributed by atoms with Crippen LogP contribution < -0.4 is 5.32 Å². The molecule has 0 bridgehead atoms. The zero-order chi connectivity index (χ0) is 15.5. The van der Waals surface area contributed by atoms with Crippen LogP contribution >= 0.6 is 0 Å². The van der Waals surface area contributed by atoms with E-state index in [1.54, 1.807) is 11.9 Å². The summed E-state index contributed by atoms with van der Waals surface area (Å²) in [6, 6.07) is -0.770. The number of methoxy groups -OCH3 is 1. The third kappa shape index (κ3) is 3.47. The molecule has 0 aromatic rings. The molecule has 7 heteroatoms. The quantitative estimate of drug-likeness (QED) is 0.685. The molecule has 0 spiro atoms. The van der Waals surface area contributed by atoms with Crippen LogP contribution in [0.15, 0.2) is 0 Å². The topological polar surface area (TPSA) is 79.0 Å². The Bertz CT molecular complexity index is 408. The van der Waals surface area contributed by atoms with Crippen molar-refractivity contribution in [2.24, 2.45) is 0 Å². The number of carbonyl (C=O) groups excluding carboxylic acids is 3. The van der Waals surface area contributed by atoms with E-state index in [1.807, 2.05) is 18.7 Å². The van der Waals surface area contributed by atoms with Gasteiger partial charge in [-0.3, -0.25) is 14.5 Å². The van der Waals surface area contributed by atoms with Crippen molar-refractivity contribution in [1.82, 2.24) is 15.1 Å². The van der Waals surface area contributed by atoms with Gasteiger partial charge >= 0.3 is 5.97 Å². The number of hydrogen-bond acceptors (Lipinski definition) is 5. The van der Waals surface area contributed by atoms with Crippen molar-refractivity contribution < 1.29 is 19.1 Å². The van der Waals surface area contributed by atoms with Crippen LogP contribution in [-0.2, 0) is 19.1 Å². The first-order chi connectivity index (χ1) is 9.20. The van der Waals surface area contributed by atoms with Crippen LogP contribution in [-0.4, -0.2) is 73.0 Å². The zero-order valence-corrected chi connectivity index (χ0v) is 12.7. The average Bonchev–Trinajstić information content (AvgIpc) is 2.37. The Labute approximate surface area is 119 Å². The van der Waals surface area contributed by atoms with Gasteiger partial charge in [0.15, 0.2) is 0 Å². The highest BCUT2D eigenvalue weighted by molar-refractivity contribution is 5.86. The fourth-order valence-electron chi connectivity index (χ4n) is 2.36. The van der Waals surface area contributed by atoms with Gasteiger partial charge in [0.2, 0.25) is 11.8 Å². The monoisotopic (exact) mass is 285 g/mol. The number of nitrogens with zero attached hydrogens (tertiary/aromatic N) is 2. The first-order valence-electron chi connectivity index (χ1n) is 6.55. The maximum atomic E-state index is 12.2. The Balaban J connectivity index is 2.84. The molecule has 114 valence electrons. The van der Waals surface area contributed by atoms with Gasteiger partial charge in [0.05, 0.1) is 12.6 Å². The molecule has 20 heavy (non-hydrogen) atoms. The molecule has 0 aromatic carbocycles. The SMILES string of the molecule is COC(=O)C(CN1CCN(C)C(=O)C1(C)C)NC(C)=O. The van der Waals surface area contributed by atoms with Gasteiger partial charge in [0.25, 0.3) is 0 Å². The molecule has 1 aliphatic heterocycles. The van der Waals surface area contributed by atoms with E-state index in [4.69, 9.17) is 4.74 Å². The molecule has 0 saturated carbocycles. The molecule has 7 nitrogen and oxygen atoms in total. The summed E-state index contributed by atoms with van der Waals surface area (Å²) in [5.41, 5.74) is -0.711. The minimum absolute atomic E-state index is 0.00445. The lowest BCUT2D eigenvalue weighted by atomic mass is 9.97. The Morgan fingerprint density at radius 3 is 2.50 bits per heavy atom. The van der Waals surface area contributed by atoms with Crippen LogP contribution in [0.2, 0.25) is 0 Å². The lowest BCUT2D eigenvalue weighted by molar-refractivity contribution is -0.152. The van der Waals surface area contributed by atoms with Crippen LogP contribution in [0.3, 0.4) is 0 Å². The molecule has 0 aliphatic carbocycles. The van der Waals surface area contributed by atoms with Crippen LogP contribution in [0.1, 0.15) is 20.8 Å². The van der Waals surface area contributed by atoms with E-state index in [-0.39, 0.29) is 18.4 Å². The highest BCUT2D eigenvalue weighted by Crippen LogP contribution is 2.21. The molecule has 2 amide bonds. The lowest BCUT2D eigenvalue weighted by Crippen LogP contribution is -2.64. The van der Waals surface area contributed by atoms with E-state index in [2.05, 4.69) is 5.32 Å². The first kappa shape index (κ1) is 16.4. The number of amides is 2. The summed E-state index contributed by atoms with van der Waals surface area (Å²) in [7, 11) is 3.03. The molecule has 1 fully saturated rings. The summed E-state index contributed by atoms with van der Waals surface area (Å²) in [5.74, 6) is -0.823. The van der Waals surface area contributed by atoms with Crippen molar-refractivity contribution in [2.45, 2.75) is 32.4 Å². The Morgan fingerprint density at radius 1 is 1.40 bits per heavy atom. The Hall–Kier alpha value is -1.63. The number of nitrogens with one attached hydrogen (secondary N) is 1. The van der Waals surface area contributed by atoms with E-state index in [1.165, 1.54) is 14.0 Å². The van der Waals surface area contributed by atoms with Gasteiger partial charge in [-0.25, -0.2) is 4.79 Å². The van der Waals surface area contributed by atoms with E-state index in [9.17, 15) is 14.4 Å². The van der Waals surface area contributed by atoms with Gasteiger partial charge in [-0.2, -0.15) is 0 Å². The third-order valence-corrected chi connectivity index (χ3v) is 3.63. The molecular weight excluding hydrogens is 262 g/mol. The molecule has 1 N–H and O–H groups in total. The second-order valence-corrected chi connectivity index (χ2v) is 5.51. The number of ether oxygens (including phenoxy) is 1. The normalized spacial score (nSPS) is 20.4. The molecule has 1 atom stereocenters. The summed E-state index contributed by atoms with van der Waals surface area (Å²) in [6.45, 7) is 6.45. The van der Waals surface area contributed by atoms with Gasteiger partial charge < -0.3 is 15.0 Å². The van der Waals surface area contributed by atoms with Gasteiger partial charge in [0.1, 0.15) is 6.04 Å². The van der Waals surface area contributed by atoms with E-state index < -0.39 is 17.6 Å². The molecule has 0 radical (unpaired) electrons. The zero-order valence-electron chi connectivity index (χ0n) is 12.7. The van der Waals surface area contributed by atoms with Gasteiger partial charge in [0, 0.05) is 33.6 Å². The van der Waals surface area contributed by atoms with Crippen LogP contribution in [0, 0.1) is 0 Å². The highest BCUT2D eigenvalue weighted by atomic mass is 16.5. The van der Waals surface area contributed by atoms with Crippen molar-refractivity contribution in [2.75, 3.05) is 33.8 Å².